The van der Waals surface area contributed by atoms with E-state index in [0.29, 0.717) is 31.4 Å². The fourth-order valence-corrected chi connectivity index (χ4v) is 5.31. The van der Waals surface area contributed by atoms with Gasteiger partial charge in [-0.05, 0) is 40.0 Å². The van der Waals surface area contributed by atoms with E-state index >= 15 is 4.39 Å². The number of methoxy groups -OCH3 is 1. The Hall–Kier alpha value is -3.34. The number of nitrogen functional groups attached to an aromatic ring is 1. The molecule has 1 aliphatic carbocycles. The van der Waals surface area contributed by atoms with Crippen molar-refractivity contribution < 1.29 is 28.7 Å². The molecule has 1 saturated carbocycles. The van der Waals surface area contributed by atoms with Crippen LogP contribution in [0.15, 0.2) is 11.0 Å². The molecule has 1 atom stereocenters. The van der Waals surface area contributed by atoms with Gasteiger partial charge in [0, 0.05) is 30.7 Å². The average Bonchev–Trinajstić information content (AvgIpc) is 3.63. The Kier molecular flexibility index (Phi) is 6.64. The van der Waals surface area contributed by atoms with Gasteiger partial charge in [0.2, 0.25) is 11.8 Å². The van der Waals surface area contributed by atoms with Crippen LogP contribution < -0.4 is 20.8 Å². The smallest absolute Gasteiger partial charge is 0.341 e. The lowest BCUT2D eigenvalue weighted by Gasteiger charge is -2.49. The molecule has 10 nitrogen and oxygen atoms in total. The fraction of sp³-hybridized carbons (Fsp3) is 0.577. The second-order valence-electron chi connectivity index (χ2n) is 11.5. The first-order valence-corrected chi connectivity index (χ1v) is 12.4. The number of ether oxygens (including phenoxy) is 1. The van der Waals surface area contributed by atoms with Gasteiger partial charge in [-0.25, -0.2) is 14.2 Å². The Morgan fingerprint density at radius 1 is 1.30 bits per heavy atom. The number of rotatable bonds is 7. The maximum atomic E-state index is 16.0. The molecule has 4 rings (SSSR count). The predicted octanol–water partition coefficient (Wildman–Crippen LogP) is 3.56. The SMILES string of the molecule is COc1c(N2CCC(N(C=O)OC(C)(C)C)C(C)(C)C2)c(F)c(N)c2c(=O)c(C(=O)O)cn(C3CC3)c12. The quantitative estimate of drug-likeness (QED) is 0.324. The zero-order valence-electron chi connectivity index (χ0n) is 22.1. The van der Waals surface area contributed by atoms with Gasteiger partial charge >= 0.3 is 5.97 Å². The zero-order chi connectivity index (χ0) is 27.4. The van der Waals surface area contributed by atoms with Gasteiger partial charge in [-0.1, -0.05) is 13.8 Å². The van der Waals surface area contributed by atoms with Crippen LogP contribution in [0.2, 0.25) is 0 Å². The Bertz CT molecular complexity index is 1310. The number of anilines is 2. The molecular weight excluding hydrogens is 483 g/mol. The molecule has 202 valence electrons. The van der Waals surface area contributed by atoms with Crippen LogP contribution in [0, 0.1) is 11.2 Å². The summed E-state index contributed by atoms with van der Waals surface area (Å²) >= 11 is 0. The van der Waals surface area contributed by atoms with Crippen LogP contribution in [0.5, 0.6) is 5.75 Å². The van der Waals surface area contributed by atoms with Crippen molar-refractivity contribution in [3.63, 3.8) is 0 Å². The molecule has 37 heavy (non-hydrogen) atoms. The highest BCUT2D eigenvalue weighted by Crippen LogP contribution is 2.48. The number of nitrogens with two attached hydrogens (primary N) is 1. The van der Waals surface area contributed by atoms with Crippen LogP contribution in [0.4, 0.5) is 15.8 Å². The molecule has 2 heterocycles. The van der Waals surface area contributed by atoms with Crippen molar-refractivity contribution in [1.29, 1.82) is 0 Å². The molecule has 11 heteroatoms. The summed E-state index contributed by atoms with van der Waals surface area (Å²) in [6.45, 7) is 10.2. The first kappa shape index (κ1) is 26.7. The fourth-order valence-electron chi connectivity index (χ4n) is 5.31. The zero-order valence-corrected chi connectivity index (χ0v) is 22.1. The highest BCUT2D eigenvalue weighted by molar-refractivity contribution is 6.03. The molecule has 2 fully saturated rings. The van der Waals surface area contributed by atoms with Crippen molar-refractivity contribution in [2.45, 2.75) is 71.6 Å². The third-order valence-electron chi connectivity index (χ3n) is 7.03. The molecule has 1 aromatic carbocycles. The minimum Gasteiger partial charge on any atom is -0.492 e. The number of nitrogens with zero attached hydrogens (tertiary/aromatic N) is 3. The summed E-state index contributed by atoms with van der Waals surface area (Å²) in [5, 5.41) is 10.7. The van der Waals surface area contributed by atoms with Crippen molar-refractivity contribution >= 4 is 34.7 Å². The number of aromatic nitrogens is 1. The van der Waals surface area contributed by atoms with Crippen LogP contribution in [0.1, 0.15) is 70.3 Å². The maximum Gasteiger partial charge on any atom is 0.341 e. The molecule has 2 aromatic rings. The van der Waals surface area contributed by atoms with Gasteiger partial charge in [-0.3, -0.25) is 14.4 Å². The number of benzene rings is 1. The maximum absolute atomic E-state index is 16.0. The third-order valence-corrected chi connectivity index (χ3v) is 7.03. The Labute approximate surface area is 214 Å². The topological polar surface area (TPSA) is 127 Å². The van der Waals surface area contributed by atoms with Gasteiger partial charge in [0.1, 0.15) is 11.3 Å². The third kappa shape index (κ3) is 4.72. The van der Waals surface area contributed by atoms with Crippen LogP contribution in [-0.4, -0.2) is 59.0 Å². The van der Waals surface area contributed by atoms with Crippen molar-refractivity contribution in [3.8, 4) is 5.75 Å². The molecule has 0 bridgehead atoms. The van der Waals surface area contributed by atoms with E-state index in [2.05, 4.69) is 0 Å². The number of aromatic carboxylic acids is 1. The normalized spacial score (nSPS) is 19.6. The van der Waals surface area contributed by atoms with E-state index in [-0.39, 0.29) is 28.9 Å². The second kappa shape index (κ2) is 9.20. The molecule has 1 amide bonds. The van der Waals surface area contributed by atoms with Gasteiger partial charge in [-0.15, -0.1) is 0 Å². The van der Waals surface area contributed by atoms with Gasteiger partial charge in [0.25, 0.3) is 0 Å². The molecule has 2 aliphatic rings. The van der Waals surface area contributed by atoms with Gasteiger partial charge in [0.15, 0.2) is 11.6 Å². The highest BCUT2D eigenvalue weighted by atomic mass is 19.1. The lowest BCUT2D eigenvalue weighted by Crippen LogP contribution is -2.57. The lowest BCUT2D eigenvalue weighted by atomic mass is 9.78. The molecule has 0 spiro atoms. The summed E-state index contributed by atoms with van der Waals surface area (Å²) in [5.41, 5.74) is 3.81. The van der Waals surface area contributed by atoms with E-state index in [1.165, 1.54) is 18.4 Å². The van der Waals surface area contributed by atoms with E-state index in [1.54, 1.807) is 4.57 Å². The second-order valence-corrected chi connectivity index (χ2v) is 11.5. The standard InChI is InChI=1S/C26H35FN4O6/c1-25(2,3)37-31(13-32)16-9-10-29(12-26(16,4)5)21-18(27)19(28)17-20(23(21)36-6)30(14-7-8-14)11-15(22(17)33)24(34)35/h11,13-14,16H,7-10,12,28H2,1-6H3,(H,34,35). The van der Waals surface area contributed by atoms with Gasteiger partial charge in [-0.2, -0.15) is 0 Å². The van der Waals surface area contributed by atoms with E-state index in [0.717, 1.165) is 12.8 Å². The number of fused-ring (bicyclic) bond motifs is 1. The van der Waals surface area contributed by atoms with E-state index in [1.807, 2.05) is 39.5 Å². The number of hydrogen-bond acceptors (Lipinski definition) is 7. The largest absolute Gasteiger partial charge is 0.492 e. The number of carboxylic acid groups (broad SMARTS) is 1. The van der Waals surface area contributed by atoms with Gasteiger partial charge in [0.05, 0.1) is 35.3 Å². The van der Waals surface area contributed by atoms with E-state index in [4.69, 9.17) is 15.3 Å². The number of carboxylic acids is 1. The monoisotopic (exact) mass is 518 g/mol. The summed E-state index contributed by atoms with van der Waals surface area (Å²) in [4.78, 5) is 44.5. The Morgan fingerprint density at radius 3 is 2.43 bits per heavy atom. The van der Waals surface area contributed by atoms with Crippen molar-refractivity contribution in [1.82, 2.24) is 9.63 Å². The summed E-state index contributed by atoms with van der Waals surface area (Å²) in [6, 6.07) is -0.305. The average molecular weight is 519 g/mol. The summed E-state index contributed by atoms with van der Waals surface area (Å²) in [7, 11) is 1.39. The van der Waals surface area contributed by atoms with Gasteiger partial charge < -0.3 is 25.0 Å². The van der Waals surface area contributed by atoms with E-state index in [9.17, 15) is 19.5 Å². The van der Waals surface area contributed by atoms with Crippen molar-refractivity contribution in [2.24, 2.45) is 5.41 Å². The Morgan fingerprint density at radius 2 is 1.95 bits per heavy atom. The number of amides is 1. The van der Waals surface area contributed by atoms with Crippen LogP contribution in [-0.2, 0) is 9.63 Å². The first-order valence-electron chi connectivity index (χ1n) is 12.4. The highest BCUT2D eigenvalue weighted by Gasteiger charge is 2.43. The molecule has 1 unspecified atom stereocenters. The Balaban J connectivity index is 1.86. The molecule has 3 N–H and O–H groups in total. The predicted molar refractivity (Wildman–Crippen MR) is 138 cm³/mol. The summed E-state index contributed by atoms with van der Waals surface area (Å²) in [6.07, 6.45) is 4.05. The number of carbonyl (C=O) groups excluding carboxylic acids is 1. The summed E-state index contributed by atoms with van der Waals surface area (Å²) < 4.78 is 23.4. The molecule has 0 radical (unpaired) electrons. The number of pyridine rings is 1. The van der Waals surface area contributed by atoms with Crippen LogP contribution in [0.3, 0.4) is 0 Å². The first-order chi connectivity index (χ1) is 17.2. The molecule has 1 aliphatic heterocycles. The molecular formula is C26H35FN4O6. The number of hydroxylamine groups is 2. The molecule has 1 saturated heterocycles. The minimum absolute atomic E-state index is 0.0364. The summed E-state index contributed by atoms with van der Waals surface area (Å²) in [5.74, 6) is -2.10. The number of carbonyl (C=O) groups is 2. The van der Waals surface area contributed by atoms with Crippen LogP contribution >= 0.6 is 0 Å². The molecule has 1 aromatic heterocycles. The lowest BCUT2D eigenvalue weighted by molar-refractivity contribution is -0.246. The number of piperidine rings is 1. The number of halogens is 1. The minimum atomic E-state index is -1.40. The van der Waals surface area contributed by atoms with Crippen molar-refractivity contribution in [3.05, 3.63) is 27.8 Å². The number of hydrogen-bond donors (Lipinski definition) is 2. The van der Waals surface area contributed by atoms with Crippen molar-refractivity contribution in [2.75, 3.05) is 30.8 Å². The van der Waals surface area contributed by atoms with E-state index < -0.39 is 39.5 Å². The van der Waals surface area contributed by atoms with Crippen LogP contribution in [0.25, 0.3) is 10.9 Å².